The minimum absolute atomic E-state index is 0.0581. The molecular formula is C21H25N7O3. The van der Waals surface area contributed by atoms with E-state index in [9.17, 15) is 5.11 Å². The Morgan fingerprint density at radius 2 is 2.13 bits per heavy atom. The summed E-state index contributed by atoms with van der Waals surface area (Å²) in [5.74, 6) is 6.33. The molecule has 0 unspecified atom stereocenters. The van der Waals surface area contributed by atoms with Gasteiger partial charge in [0.05, 0.1) is 18.9 Å². The van der Waals surface area contributed by atoms with E-state index >= 15 is 0 Å². The van der Waals surface area contributed by atoms with Gasteiger partial charge < -0.3 is 25.4 Å². The third-order valence-electron chi connectivity index (χ3n) is 4.97. The van der Waals surface area contributed by atoms with E-state index in [1.54, 1.807) is 36.7 Å². The highest BCUT2D eigenvalue weighted by atomic mass is 16.5. The molecule has 0 spiro atoms. The van der Waals surface area contributed by atoms with Gasteiger partial charge in [0.15, 0.2) is 5.82 Å². The minimum Gasteiger partial charge on any atom is -0.507 e. The molecule has 4 N–H and O–H groups in total. The standard InChI is InChI=1S/C21H25N7O3/c1-14-2-3-18(29)15(12-14)19(27-22)16-13-17(20-23-4-5-24-20)26-21(25-16)31-11-8-28-6-9-30-10-7-28/h2-5,12-13,29H,6-11,22H2,1H3,(H,23,24). The molecule has 10 heteroatoms. The van der Waals surface area contributed by atoms with Crippen LogP contribution in [0.2, 0.25) is 0 Å². The number of aromatic nitrogens is 4. The van der Waals surface area contributed by atoms with Crippen LogP contribution in [-0.2, 0) is 4.74 Å². The summed E-state index contributed by atoms with van der Waals surface area (Å²) in [6.07, 6.45) is 3.35. The Morgan fingerprint density at radius 3 is 2.87 bits per heavy atom. The zero-order valence-corrected chi connectivity index (χ0v) is 17.3. The number of benzene rings is 1. The first-order valence-electron chi connectivity index (χ1n) is 10.0. The Balaban J connectivity index is 1.63. The zero-order chi connectivity index (χ0) is 21.6. The lowest BCUT2D eigenvalue weighted by Gasteiger charge is -2.26. The second-order valence-corrected chi connectivity index (χ2v) is 7.16. The fourth-order valence-corrected chi connectivity index (χ4v) is 3.34. The number of nitrogens with two attached hydrogens (primary N) is 1. The summed E-state index contributed by atoms with van der Waals surface area (Å²) in [7, 11) is 0. The molecule has 0 atom stereocenters. The number of hydrogen-bond acceptors (Lipinski definition) is 9. The molecule has 1 saturated heterocycles. The van der Waals surface area contributed by atoms with Crippen molar-refractivity contribution in [3.05, 3.63) is 53.5 Å². The maximum absolute atomic E-state index is 10.4. The third kappa shape index (κ3) is 4.98. The molecule has 0 aliphatic carbocycles. The second kappa shape index (κ2) is 9.54. The summed E-state index contributed by atoms with van der Waals surface area (Å²) in [4.78, 5) is 18.5. The molecule has 3 heterocycles. The molecule has 2 aromatic heterocycles. The van der Waals surface area contributed by atoms with Gasteiger partial charge in [-0.15, -0.1) is 0 Å². The van der Waals surface area contributed by atoms with Crippen LogP contribution < -0.4 is 10.6 Å². The number of hydrogen-bond donors (Lipinski definition) is 3. The molecular weight excluding hydrogens is 398 g/mol. The smallest absolute Gasteiger partial charge is 0.317 e. The van der Waals surface area contributed by atoms with Gasteiger partial charge >= 0.3 is 6.01 Å². The van der Waals surface area contributed by atoms with Crippen molar-refractivity contribution < 1.29 is 14.6 Å². The van der Waals surface area contributed by atoms with E-state index in [-0.39, 0.29) is 11.8 Å². The molecule has 1 aromatic carbocycles. The Kier molecular flexibility index (Phi) is 6.39. The van der Waals surface area contributed by atoms with E-state index in [1.165, 1.54) is 0 Å². The topological polar surface area (TPSA) is 135 Å². The number of aryl methyl sites for hydroxylation is 1. The van der Waals surface area contributed by atoms with Gasteiger partial charge in [0, 0.05) is 37.6 Å². The van der Waals surface area contributed by atoms with Crippen LogP contribution in [0, 0.1) is 6.92 Å². The molecule has 1 aliphatic rings. The van der Waals surface area contributed by atoms with Gasteiger partial charge in [-0.25, -0.2) is 4.98 Å². The number of H-pyrrole nitrogens is 1. The largest absolute Gasteiger partial charge is 0.507 e. The van der Waals surface area contributed by atoms with Gasteiger partial charge in [-0.3, -0.25) is 4.90 Å². The van der Waals surface area contributed by atoms with E-state index in [4.69, 9.17) is 15.3 Å². The van der Waals surface area contributed by atoms with E-state index in [0.29, 0.717) is 35.1 Å². The predicted molar refractivity (Wildman–Crippen MR) is 115 cm³/mol. The van der Waals surface area contributed by atoms with E-state index in [0.717, 1.165) is 38.4 Å². The van der Waals surface area contributed by atoms with Gasteiger partial charge in [-0.2, -0.15) is 15.1 Å². The summed E-state index contributed by atoms with van der Waals surface area (Å²) < 4.78 is 11.2. The molecule has 0 bridgehead atoms. The number of morpholine rings is 1. The summed E-state index contributed by atoms with van der Waals surface area (Å²) in [5.41, 5.74) is 2.72. The van der Waals surface area contributed by atoms with Crippen molar-refractivity contribution >= 4 is 5.71 Å². The monoisotopic (exact) mass is 423 g/mol. The minimum atomic E-state index is 0.0581. The van der Waals surface area contributed by atoms with E-state index in [1.807, 2.05) is 6.92 Å². The van der Waals surface area contributed by atoms with Crippen molar-refractivity contribution in [1.82, 2.24) is 24.8 Å². The van der Waals surface area contributed by atoms with Gasteiger partial charge in [0.1, 0.15) is 23.8 Å². The van der Waals surface area contributed by atoms with Crippen molar-refractivity contribution in [3.63, 3.8) is 0 Å². The van der Waals surface area contributed by atoms with Crippen LogP contribution in [-0.4, -0.2) is 75.1 Å². The number of nitrogens with one attached hydrogen (secondary N) is 1. The first-order valence-corrected chi connectivity index (χ1v) is 10.0. The highest BCUT2D eigenvalue weighted by Crippen LogP contribution is 2.24. The lowest BCUT2D eigenvalue weighted by atomic mass is 10.0. The first-order chi connectivity index (χ1) is 15.1. The Labute approximate surface area is 179 Å². The number of rotatable bonds is 7. The fourth-order valence-electron chi connectivity index (χ4n) is 3.34. The number of phenols is 1. The molecule has 0 radical (unpaired) electrons. The summed E-state index contributed by atoms with van der Waals surface area (Å²) in [5, 5.41) is 14.3. The lowest BCUT2D eigenvalue weighted by Crippen LogP contribution is -2.38. The zero-order valence-electron chi connectivity index (χ0n) is 17.3. The Morgan fingerprint density at radius 1 is 1.29 bits per heavy atom. The lowest BCUT2D eigenvalue weighted by molar-refractivity contribution is 0.0317. The molecule has 1 aliphatic heterocycles. The maximum atomic E-state index is 10.4. The molecule has 0 amide bonds. The van der Waals surface area contributed by atoms with Crippen LogP contribution in [0.3, 0.4) is 0 Å². The molecule has 10 nitrogen and oxygen atoms in total. The van der Waals surface area contributed by atoms with Crippen LogP contribution >= 0.6 is 0 Å². The number of hydrazone groups is 1. The molecule has 0 saturated carbocycles. The second-order valence-electron chi connectivity index (χ2n) is 7.16. The van der Waals surface area contributed by atoms with Crippen LogP contribution in [0.1, 0.15) is 16.8 Å². The van der Waals surface area contributed by atoms with E-state index < -0.39 is 0 Å². The summed E-state index contributed by atoms with van der Waals surface area (Å²) >= 11 is 0. The van der Waals surface area contributed by atoms with Crippen molar-refractivity contribution in [3.8, 4) is 23.3 Å². The Hall–Kier alpha value is -3.50. The highest BCUT2D eigenvalue weighted by molar-refractivity contribution is 6.13. The molecule has 3 aromatic rings. The van der Waals surface area contributed by atoms with Gasteiger partial charge in [-0.1, -0.05) is 11.6 Å². The van der Waals surface area contributed by atoms with Crippen LogP contribution in [0.5, 0.6) is 11.8 Å². The SMILES string of the molecule is Cc1ccc(O)c(C(=NN)c2cc(-c3ncc[nH]3)nc(OCCN3CCOCC3)n2)c1. The Bertz CT molecular complexity index is 1050. The normalized spacial score (nSPS) is 15.2. The average Bonchev–Trinajstić information content (AvgIpc) is 3.32. The summed E-state index contributed by atoms with van der Waals surface area (Å²) in [6, 6.07) is 7.10. The van der Waals surface area contributed by atoms with Gasteiger partial charge in [0.25, 0.3) is 0 Å². The number of aromatic hydroxyl groups is 1. The third-order valence-corrected chi connectivity index (χ3v) is 4.97. The van der Waals surface area contributed by atoms with Crippen LogP contribution in [0.15, 0.2) is 41.8 Å². The number of ether oxygens (including phenoxy) is 2. The average molecular weight is 423 g/mol. The summed E-state index contributed by atoms with van der Waals surface area (Å²) in [6.45, 7) is 6.29. The molecule has 1 fully saturated rings. The molecule has 162 valence electrons. The van der Waals surface area contributed by atoms with Gasteiger partial charge in [-0.05, 0) is 25.1 Å². The number of phenolic OH excluding ortho intramolecular Hbond substituents is 1. The fraction of sp³-hybridized carbons (Fsp3) is 0.333. The van der Waals surface area contributed by atoms with Crippen LogP contribution in [0.25, 0.3) is 11.5 Å². The molecule has 31 heavy (non-hydrogen) atoms. The van der Waals surface area contributed by atoms with Gasteiger partial charge in [0.2, 0.25) is 0 Å². The number of aromatic amines is 1. The van der Waals surface area contributed by atoms with Crippen molar-refractivity contribution in [2.24, 2.45) is 10.9 Å². The first kappa shape index (κ1) is 20.8. The maximum Gasteiger partial charge on any atom is 0.317 e. The van der Waals surface area contributed by atoms with Crippen LogP contribution in [0.4, 0.5) is 0 Å². The number of imidazole rings is 1. The van der Waals surface area contributed by atoms with Crippen molar-refractivity contribution in [1.29, 1.82) is 0 Å². The number of nitrogens with zero attached hydrogens (tertiary/aromatic N) is 5. The highest BCUT2D eigenvalue weighted by Gasteiger charge is 2.18. The quantitative estimate of drug-likeness (QED) is 0.294. The van der Waals surface area contributed by atoms with E-state index in [2.05, 4.69) is 29.9 Å². The van der Waals surface area contributed by atoms with Crippen molar-refractivity contribution in [2.75, 3.05) is 39.5 Å². The predicted octanol–water partition coefficient (Wildman–Crippen LogP) is 1.30. The van der Waals surface area contributed by atoms with Crippen molar-refractivity contribution in [2.45, 2.75) is 6.92 Å². The molecule has 4 rings (SSSR count).